The van der Waals surface area contributed by atoms with Gasteiger partial charge in [0.15, 0.2) is 0 Å². The molecule has 0 amide bonds. The molecule has 10 heteroatoms. The topological polar surface area (TPSA) is 106 Å². The minimum absolute atomic E-state index is 0.0786. The summed E-state index contributed by atoms with van der Waals surface area (Å²) in [7, 11) is 1.41. The highest BCUT2D eigenvalue weighted by Crippen LogP contribution is 2.23. The van der Waals surface area contributed by atoms with Crippen LogP contribution in [0.1, 0.15) is 5.56 Å². The summed E-state index contributed by atoms with van der Waals surface area (Å²) in [6.45, 7) is -0.123. The van der Waals surface area contributed by atoms with Crippen molar-refractivity contribution in [3.63, 3.8) is 0 Å². The molecule has 156 valence electrons. The lowest BCUT2D eigenvalue weighted by molar-refractivity contribution is -0.137. The number of anilines is 1. The number of hydrogen-bond acceptors (Lipinski definition) is 6. The Morgan fingerprint density at radius 1 is 1.30 bits per heavy atom. The van der Waals surface area contributed by atoms with Gasteiger partial charge in [-0.05, 0) is 24.6 Å². The van der Waals surface area contributed by atoms with Crippen molar-refractivity contribution in [2.75, 3.05) is 19.0 Å². The van der Waals surface area contributed by atoms with Crippen LogP contribution in [0.25, 0.3) is 11.3 Å². The number of hydrogen-bond donors (Lipinski definition) is 2. The minimum Gasteiger partial charge on any atom is -0.480 e. The number of nitrogens with one attached hydrogen (secondary N) is 1. The predicted octanol–water partition coefficient (Wildman–Crippen LogP) is 2.85. The third-order valence-corrected chi connectivity index (χ3v) is 4.57. The highest BCUT2D eigenvalue weighted by Gasteiger charge is 2.11. The normalized spacial score (nSPS) is 10.6. The van der Waals surface area contributed by atoms with Gasteiger partial charge in [-0.3, -0.25) is 9.59 Å². The van der Waals surface area contributed by atoms with E-state index < -0.39 is 18.1 Å². The Morgan fingerprint density at radius 3 is 2.80 bits per heavy atom. The molecule has 2 heterocycles. The van der Waals surface area contributed by atoms with Crippen molar-refractivity contribution in [1.82, 2.24) is 14.5 Å². The van der Waals surface area contributed by atoms with Gasteiger partial charge < -0.3 is 19.7 Å². The Morgan fingerprint density at radius 2 is 2.10 bits per heavy atom. The van der Waals surface area contributed by atoms with E-state index in [4.69, 9.17) is 21.4 Å². The Balaban J connectivity index is 1.84. The summed E-state index contributed by atoms with van der Waals surface area (Å²) in [6.07, 6.45) is 1.73. The molecule has 0 aliphatic heterocycles. The molecule has 0 saturated heterocycles. The number of aliphatic carboxylic acids is 1. The zero-order valence-corrected chi connectivity index (χ0v) is 16.7. The monoisotopic (exact) mass is 432 g/mol. The van der Waals surface area contributed by atoms with E-state index in [-0.39, 0.29) is 11.8 Å². The van der Waals surface area contributed by atoms with Crippen LogP contribution < -0.4 is 15.6 Å². The van der Waals surface area contributed by atoms with Gasteiger partial charge in [-0.1, -0.05) is 17.7 Å². The molecule has 2 aromatic heterocycles. The molecule has 30 heavy (non-hydrogen) atoms. The molecule has 2 N–H and O–H groups in total. The second-order valence-electron chi connectivity index (χ2n) is 6.28. The minimum atomic E-state index is -1.14. The molecule has 0 fully saturated rings. The maximum atomic E-state index is 13.9. The highest BCUT2D eigenvalue weighted by molar-refractivity contribution is 6.31. The molecule has 0 aliphatic rings. The van der Waals surface area contributed by atoms with Crippen LogP contribution >= 0.6 is 11.6 Å². The van der Waals surface area contributed by atoms with Crippen molar-refractivity contribution in [3.05, 3.63) is 69.4 Å². The lowest BCUT2D eigenvalue weighted by atomic mass is 10.1. The van der Waals surface area contributed by atoms with Gasteiger partial charge >= 0.3 is 12.0 Å². The second kappa shape index (κ2) is 9.36. The van der Waals surface area contributed by atoms with E-state index in [1.54, 1.807) is 18.2 Å². The predicted molar refractivity (Wildman–Crippen MR) is 110 cm³/mol. The number of nitrogens with zero attached hydrogens (tertiary/aromatic N) is 3. The molecule has 0 atom stereocenters. The van der Waals surface area contributed by atoms with Crippen LogP contribution in [0.4, 0.5) is 10.2 Å². The molecule has 0 radical (unpaired) electrons. The number of benzene rings is 1. The lowest BCUT2D eigenvalue weighted by Gasteiger charge is -2.11. The first kappa shape index (κ1) is 21.3. The fourth-order valence-corrected chi connectivity index (χ4v) is 3.05. The van der Waals surface area contributed by atoms with Crippen molar-refractivity contribution in [3.8, 4) is 17.3 Å². The molecule has 0 bridgehead atoms. The Labute approximate surface area is 175 Å². The summed E-state index contributed by atoms with van der Waals surface area (Å²) in [4.78, 5) is 31.3. The van der Waals surface area contributed by atoms with Crippen molar-refractivity contribution < 1.29 is 19.0 Å². The van der Waals surface area contributed by atoms with Gasteiger partial charge in [-0.15, -0.1) is 0 Å². The van der Waals surface area contributed by atoms with Crippen LogP contribution in [0.5, 0.6) is 6.01 Å². The van der Waals surface area contributed by atoms with Crippen LogP contribution in [0, 0.1) is 5.82 Å². The first-order valence-electron chi connectivity index (χ1n) is 8.90. The summed E-state index contributed by atoms with van der Waals surface area (Å²) in [5, 5.41) is 12.4. The molecule has 0 spiro atoms. The third-order valence-electron chi connectivity index (χ3n) is 4.22. The molecule has 0 aliphatic carbocycles. The van der Waals surface area contributed by atoms with E-state index in [2.05, 4.69) is 15.3 Å². The largest absolute Gasteiger partial charge is 0.480 e. The maximum absolute atomic E-state index is 13.9. The van der Waals surface area contributed by atoms with Gasteiger partial charge in [0.25, 0.3) is 5.56 Å². The average molecular weight is 433 g/mol. The number of carboxylic acids is 1. The maximum Gasteiger partial charge on any atom is 0.323 e. The van der Waals surface area contributed by atoms with E-state index in [1.807, 2.05) is 0 Å². The quantitative estimate of drug-likeness (QED) is 0.563. The number of rotatable bonds is 8. The molecular weight excluding hydrogens is 415 g/mol. The van der Waals surface area contributed by atoms with Gasteiger partial charge in [-0.2, -0.15) is 9.97 Å². The van der Waals surface area contributed by atoms with Crippen molar-refractivity contribution in [1.29, 1.82) is 0 Å². The fraction of sp³-hybridized carbons (Fsp3) is 0.200. The van der Waals surface area contributed by atoms with Crippen LogP contribution in [-0.2, 0) is 17.8 Å². The summed E-state index contributed by atoms with van der Waals surface area (Å²) in [6, 6.07) is 9.01. The molecule has 0 saturated carbocycles. The number of aromatic nitrogens is 3. The van der Waals surface area contributed by atoms with Gasteiger partial charge in [0, 0.05) is 41.0 Å². The van der Waals surface area contributed by atoms with Crippen LogP contribution in [0.15, 0.2) is 47.4 Å². The number of halogens is 2. The molecule has 8 nitrogen and oxygen atoms in total. The van der Waals surface area contributed by atoms with Crippen molar-refractivity contribution in [2.45, 2.75) is 13.0 Å². The lowest BCUT2D eigenvalue weighted by Crippen LogP contribution is -2.22. The van der Waals surface area contributed by atoms with E-state index in [9.17, 15) is 14.0 Å². The summed E-state index contributed by atoms with van der Waals surface area (Å²) >= 11 is 6.04. The Bertz CT molecular complexity index is 1120. The van der Waals surface area contributed by atoms with E-state index in [1.165, 1.54) is 31.5 Å². The zero-order valence-electron chi connectivity index (χ0n) is 15.9. The van der Waals surface area contributed by atoms with Crippen molar-refractivity contribution in [2.24, 2.45) is 0 Å². The summed E-state index contributed by atoms with van der Waals surface area (Å²) in [5.41, 5.74) is 0.889. The summed E-state index contributed by atoms with van der Waals surface area (Å²) in [5.74, 6) is -1.10. The molecular formula is C20H18ClFN4O4. The molecule has 1 aromatic carbocycles. The number of carboxylic acid groups (broad SMARTS) is 1. The highest BCUT2D eigenvalue weighted by atomic mass is 35.5. The Kier molecular flexibility index (Phi) is 6.63. The van der Waals surface area contributed by atoms with Gasteiger partial charge in [0.2, 0.25) is 0 Å². The van der Waals surface area contributed by atoms with Crippen LogP contribution in [0.2, 0.25) is 5.02 Å². The molecule has 3 aromatic rings. The van der Waals surface area contributed by atoms with Crippen LogP contribution in [-0.4, -0.2) is 39.3 Å². The number of methoxy groups -OCH3 is 1. The summed E-state index contributed by atoms with van der Waals surface area (Å²) < 4.78 is 20.1. The standard InChI is InChI=1S/C20H18ClFN4O4/c1-30-20-24-16(12-5-6-18(27)26(10-12)11-19(28)29)9-17(25-20)23-8-7-13-14(21)3-2-4-15(13)22/h2-6,9-10H,7-8,11H2,1H3,(H,28,29)(H,23,24,25). The molecule has 0 unspecified atom stereocenters. The first-order valence-corrected chi connectivity index (χ1v) is 9.27. The zero-order chi connectivity index (χ0) is 21.7. The van der Waals surface area contributed by atoms with E-state index >= 15 is 0 Å². The first-order chi connectivity index (χ1) is 14.4. The smallest absolute Gasteiger partial charge is 0.323 e. The second-order valence-corrected chi connectivity index (χ2v) is 6.69. The van der Waals surface area contributed by atoms with Gasteiger partial charge in [0.1, 0.15) is 18.2 Å². The van der Waals surface area contributed by atoms with E-state index in [0.29, 0.717) is 40.6 Å². The van der Waals surface area contributed by atoms with E-state index in [0.717, 1.165) is 4.57 Å². The van der Waals surface area contributed by atoms with Gasteiger partial charge in [-0.25, -0.2) is 4.39 Å². The molecule has 3 rings (SSSR count). The fourth-order valence-electron chi connectivity index (χ4n) is 2.79. The SMILES string of the molecule is COc1nc(NCCc2c(F)cccc2Cl)cc(-c2ccc(=O)n(CC(=O)O)c2)n1. The number of pyridine rings is 1. The van der Waals surface area contributed by atoms with Gasteiger partial charge in [0.05, 0.1) is 12.8 Å². The Hall–Kier alpha value is -3.46. The number of carbonyl (C=O) groups is 1. The van der Waals surface area contributed by atoms with Crippen molar-refractivity contribution >= 4 is 23.4 Å². The van der Waals surface area contributed by atoms with Crippen LogP contribution in [0.3, 0.4) is 0 Å². The third kappa shape index (κ3) is 5.12. The number of ether oxygens (including phenoxy) is 1. The average Bonchev–Trinajstić information content (AvgIpc) is 2.71.